The molecule has 23 heavy (non-hydrogen) atoms. The Morgan fingerprint density at radius 2 is 1.70 bits per heavy atom. The van der Waals surface area contributed by atoms with Crippen molar-refractivity contribution in [2.24, 2.45) is 0 Å². The lowest BCUT2D eigenvalue weighted by Gasteiger charge is -2.09. The van der Waals surface area contributed by atoms with E-state index >= 15 is 0 Å². The second-order valence-corrected chi connectivity index (χ2v) is 5.88. The van der Waals surface area contributed by atoms with E-state index in [1.165, 1.54) is 0 Å². The van der Waals surface area contributed by atoms with E-state index < -0.39 is 0 Å². The van der Waals surface area contributed by atoms with E-state index in [1.807, 2.05) is 60.7 Å². The maximum atomic E-state index is 12.2. The second-order valence-electron chi connectivity index (χ2n) is 4.97. The summed E-state index contributed by atoms with van der Waals surface area (Å²) in [6, 6.07) is 20.9. The number of ether oxygens (including phenoxy) is 2. The molecule has 0 N–H and O–H groups in total. The van der Waals surface area contributed by atoms with Crippen LogP contribution in [0.4, 0.5) is 0 Å². The summed E-state index contributed by atoms with van der Waals surface area (Å²) in [4.78, 5) is 12.2. The lowest BCUT2D eigenvalue weighted by atomic mass is 10.1. The zero-order valence-corrected chi connectivity index (χ0v) is 14.0. The number of hydrogen-bond donors (Lipinski definition) is 0. The van der Waals surface area contributed by atoms with Gasteiger partial charge in [-0.2, -0.15) is 0 Å². The predicted molar refractivity (Wildman–Crippen MR) is 93.9 cm³/mol. The topological polar surface area (TPSA) is 35.5 Å². The number of hydrogen-bond acceptors (Lipinski definition) is 3. The SMILES string of the molecule is O=C(OCCOc1cccc(Br)c1)c1cccc2ccccc12. The lowest BCUT2D eigenvalue weighted by Crippen LogP contribution is -2.12. The van der Waals surface area contributed by atoms with Crippen molar-refractivity contribution in [3.63, 3.8) is 0 Å². The number of benzene rings is 3. The van der Waals surface area contributed by atoms with Crippen LogP contribution in [-0.2, 0) is 4.74 Å². The van der Waals surface area contributed by atoms with Crippen molar-refractivity contribution in [2.75, 3.05) is 13.2 Å². The Morgan fingerprint density at radius 1 is 0.913 bits per heavy atom. The number of rotatable bonds is 5. The highest BCUT2D eigenvalue weighted by atomic mass is 79.9. The van der Waals surface area contributed by atoms with E-state index in [-0.39, 0.29) is 12.6 Å². The van der Waals surface area contributed by atoms with E-state index in [1.54, 1.807) is 6.07 Å². The number of fused-ring (bicyclic) bond motifs is 1. The van der Waals surface area contributed by atoms with Gasteiger partial charge in [0.05, 0.1) is 5.56 Å². The van der Waals surface area contributed by atoms with E-state index in [2.05, 4.69) is 15.9 Å². The molecule has 3 aromatic carbocycles. The Kier molecular flexibility index (Phi) is 4.93. The molecule has 0 heterocycles. The van der Waals surface area contributed by atoms with Gasteiger partial charge in [-0.1, -0.05) is 58.4 Å². The van der Waals surface area contributed by atoms with Crippen LogP contribution >= 0.6 is 15.9 Å². The highest BCUT2D eigenvalue weighted by molar-refractivity contribution is 9.10. The summed E-state index contributed by atoms with van der Waals surface area (Å²) in [6.45, 7) is 0.515. The average Bonchev–Trinajstić information content (AvgIpc) is 2.58. The third-order valence-corrected chi connectivity index (χ3v) is 3.88. The van der Waals surface area contributed by atoms with Crippen LogP contribution < -0.4 is 4.74 Å². The molecule has 0 fully saturated rings. The van der Waals surface area contributed by atoms with Crippen molar-refractivity contribution in [1.82, 2.24) is 0 Å². The van der Waals surface area contributed by atoms with Crippen molar-refractivity contribution in [3.8, 4) is 5.75 Å². The minimum absolute atomic E-state index is 0.203. The highest BCUT2D eigenvalue weighted by Gasteiger charge is 2.10. The zero-order valence-electron chi connectivity index (χ0n) is 12.4. The number of halogens is 1. The van der Waals surface area contributed by atoms with Crippen LogP contribution in [0.2, 0.25) is 0 Å². The smallest absolute Gasteiger partial charge is 0.338 e. The first-order valence-corrected chi connectivity index (χ1v) is 8.06. The Hall–Kier alpha value is -2.33. The van der Waals surface area contributed by atoms with Gasteiger partial charge in [-0.3, -0.25) is 0 Å². The van der Waals surface area contributed by atoms with Gasteiger partial charge in [-0.15, -0.1) is 0 Å². The standard InChI is InChI=1S/C19H15BrO3/c20-15-7-4-8-16(13-15)22-11-12-23-19(21)18-10-3-6-14-5-1-2-9-17(14)18/h1-10,13H,11-12H2. The van der Waals surface area contributed by atoms with E-state index in [4.69, 9.17) is 9.47 Å². The molecule has 0 unspecified atom stereocenters. The Bertz CT molecular complexity index is 824. The fraction of sp³-hybridized carbons (Fsp3) is 0.105. The van der Waals surface area contributed by atoms with Crippen molar-refractivity contribution in [3.05, 3.63) is 76.8 Å². The monoisotopic (exact) mass is 370 g/mol. The van der Waals surface area contributed by atoms with E-state index in [0.717, 1.165) is 21.0 Å². The molecular formula is C19H15BrO3. The third-order valence-electron chi connectivity index (χ3n) is 3.39. The summed E-state index contributed by atoms with van der Waals surface area (Å²) in [5.41, 5.74) is 0.575. The first-order valence-electron chi connectivity index (χ1n) is 7.27. The van der Waals surface area contributed by atoms with Crippen LogP contribution in [0.5, 0.6) is 5.75 Å². The number of carbonyl (C=O) groups is 1. The molecule has 0 bridgehead atoms. The van der Waals surface area contributed by atoms with Crippen molar-refractivity contribution < 1.29 is 14.3 Å². The van der Waals surface area contributed by atoms with Gasteiger partial charge in [-0.25, -0.2) is 4.79 Å². The number of esters is 1. The molecule has 0 radical (unpaired) electrons. The summed E-state index contributed by atoms with van der Waals surface area (Å²) in [5.74, 6) is 0.403. The molecule has 0 aliphatic rings. The van der Waals surface area contributed by atoms with Crippen molar-refractivity contribution >= 4 is 32.7 Å². The van der Waals surface area contributed by atoms with Gasteiger partial charge in [0.15, 0.2) is 0 Å². The molecule has 3 aromatic rings. The van der Waals surface area contributed by atoms with Crippen LogP contribution in [0.1, 0.15) is 10.4 Å². The molecule has 3 nitrogen and oxygen atoms in total. The average molecular weight is 371 g/mol. The van der Waals surface area contributed by atoms with Crippen molar-refractivity contribution in [2.45, 2.75) is 0 Å². The largest absolute Gasteiger partial charge is 0.490 e. The predicted octanol–water partition coefficient (Wildman–Crippen LogP) is 4.84. The molecule has 0 saturated heterocycles. The van der Waals surface area contributed by atoms with Crippen LogP contribution in [0.15, 0.2) is 71.2 Å². The molecule has 0 saturated carbocycles. The van der Waals surface area contributed by atoms with Gasteiger partial charge < -0.3 is 9.47 Å². The van der Waals surface area contributed by atoms with Crippen molar-refractivity contribution in [1.29, 1.82) is 0 Å². The number of carbonyl (C=O) groups excluding carboxylic acids is 1. The minimum Gasteiger partial charge on any atom is -0.490 e. The van der Waals surface area contributed by atoms with Crippen LogP contribution in [0.25, 0.3) is 10.8 Å². The van der Waals surface area contributed by atoms with E-state index in [9.17, 15) is 4.79 Å². The summed E-state index contributed by atoms with van der Waals surface area (Å²) >= 11 is 3.38. The molecule has 0 amide bonds. The second kappa shape index (κ2) is 7.29. The maximum Gasteiger partial charge on any atom is 0.338 e. The molecule has 0 spiro atoms. The molecule has 0 aliphatic heterocycles. The fourth-order valence-corrected chi connectivity index (χ4v) is 2.71. The molecule has 0 atom stereocenters. The van der Waals surface area contributed by atoms with Gasteiger partial charge in [0, 0.05) is 4.47 Å². The normalized spacial score (nSPS) is 10.5. The quantitative estimate of drug-likeness (QED) is 0.476. The molecule has 0 aromatic heterocycles. The molecular weight excluding hydrogens is 356 g/mol. The van der Waals surface area contributed by atoms with E-state index in [0.29, 0.717) is 12.2 Å². The molecule has 3 rings (SSSR count). The van der Waals surface area contributed by atoms with Gasteiger partial charge >= 0.3 is 5.97 Å². The summed E-state index contributed by atoms with van der Waals surface area (Å²) < 4.78 is 11.8. The van der Waals surface area contributed by atoms with Crippen LogP contribution in [0.3, 0.4) is 0 Å². The molecule has 0 aliphatic carbocycles. The van der Waals surface area contributed by atoms with Gasteiger partial charge in [0.2, 0.25) is 0 Å². The van der Waals surface area contributed by atoms with Crippen LogP contribution in [-0.4, -0.2) is 19.2 Å². The van der Waals surface area contributed by atoms with Crippen LogP contribution in [0, 0.1) is 0 Å². The minimum atomic E-state index is -0.334. The summed E-state index contributed by atoms with van der Waals surface area (Å²) in [5, 5.41) is 1.92. The first kappa shape index (κ1) is 15.6. The first-order chi connectivity index (χ1) is 11.2. The lowest BCUT2D eigenvalue weighted by molar-refractivity contribution is 0.0452. The van der Waals surface area contributed by atoms with Gasteiger partial charge in [-0.05, 0) is 35.0 Å². The van der Waals surface area contributed by atoms with Gasteiger partial charge in [0.1, 0.15) is 19.0 Å². The summed E-state index contributed by atoms with van der Waals surface area (Å²) in [7, 11) is 0. The Labute approximate surface area is 143 Å². The Balaban J connectivity index is 1.59. The third kappa shape index (κ3) is 3.90. The highest BCUT2D eigenvalue weighted by Crippen LogP contribution is 2.20. The molecule has 116 valence electrons. The summed E-state index contributed by atoms with van der Waals surface area (Å²) in [6.07, 6.45) is 0. The molecule has 4 heteroatoms. The zero-order chi connectivity index (χ0) is 16.1. The maximum absolute atomic E-state index is 12.2. The fourth-order valence-electron chi connectivity index (χ4n) is 2.33. The Morgan fingerprint density at radius 3 is 2.57 bits per heavy atom. The van der Waals surface area contributed by atoms with Gasteiger partial charge in [0.25, 0.3) is 0 Å².